The predicted octanol–water partition coefficient (Wildman–Crippen LogP) is 4.64. The van der Waals surface area contributed by atoms with Crippen LogP contribution in [0.4, 0.5) is 0 Å². The van der Waals surface area contributed by atoms with Gasteiger partial charge in [-0.2, -0.15) is 11.8 Å². The summed E-state index contributed by atoms with van der Waals surface area (Å²) in [5.74, 6) is 1.95. The number of benzene rings is 1. The van der Waals surface area contributed by atoms with Crippen LogP contribution in [0.5, 0.6) is 0 Å². The van der Waals surface area contributed by atoms with Crippen LogP contribution in [0.25, 0.3) is 0 Å². The molecule has 1 atom stereocenters. The zero-order valence-electron chi connectivity index (χ0n) is 12.1. The molecule has 0 aliphatic rings. The highest BCUT2D eigenvalue weighted by Crippen LogP contribution is 2.21. The number of hydrogen-bond donors (Lipinski definition) is 1. The molecule has 1 N–H and O–H groups in total. The molecule has 0 aliphatic carbocycles. The number of halogens is 1. The zero-order valence-corrected chi connectivity index (χ0v) is 13.7. The Balaban J connectivity index is 2.49. The molecule has 1 rings (SSSR count). The van der Waals surface area contributed by atoms with E-state index >= 15 is 0 Å². The first-order valence-corrected chi connectivity index (χ1v) is 8.98. The second-order valence-corrected chi connectivity index (χ2v) is 6.39. The molecular weight excluding hydrogens is 274 g/mol. The average Bonchev–Trinajstić information content (AvgIpc) is 2.41. The van der Waals surface area contributed by atoms with Crippen LogP contribution in [-0.2, 0) is 6.42 Å². The molecule has 0 amide bonds. The lowest BCUT2D eigenvalue weighted by Crippen LogP contribution is -2.25. The van der Waals surface area contributed by atoms with Crippen molar-refractivity contribution < 1.29 is 0 Å². The summed E-state index contributed by atoms with van der Waals surface area (Å²) < 4.78 is 0. The molecule has 0 aromatic heterocycles. The largest absolute Gasteiger partial charge is 0.316 e. The Bertz CT molecular complexity index is 333. The fourth-order valence-electron chi connectivity index (χ4n) is 2.25. The molecule has 0 aliphatic heterocycles. The van der Waals surface area contributed by atoms with Crippen LogP contribution < -0.4 is 5.32 Å². The standard InChI is InChI=1S/C16H26ClNS/c1-3-10-18-13-14(7-6-11-19-2)12-15-8-4-5-9-16(15)17/h4-5,8-9,14,18H,3,6-7,10-13H2,1-2H3. The molecule has 1 unspecified atom stereocenters. The summed E-state index contributed by atoms with van der Waals surface area (Å²) in [5, 5.41) is 4.46. The van der Waals surface area contributed by atoms with Gasteiger partial charge in [-0.05, 0) is 68.3 Å². The first-order chi connectivity index (χ1) is 9.27. The second-order valence-electron chi connectivity index (χ2n) is 5.00. The van der Waals surface area contributed by atoms with Crippen LogP contribution >= 0.6 is 23.4 Å². The number of nitrogens with one attached hydrogen (secondary N) is 1. The lowest BCUT2D eigenvalue weighted by Gasteiger charge is -2.18. The fourth-order valence-corrected chi connectivity index (χ4v) is 2.92. The van der Waals surface area contributed by atoms with E-state index in [9.17, 15) is 0 Å². The van der Waals surface area contributed by atoms with Gasteiger partial charge in [0.05, 0.1) is 0 Å². The minimum absolute atomic E-state index is 0.693. The average molecular weight is 300 g/mol. The highest BCUT2D eigenvalue weighted by Gasteiger charge is 2.11. The number of hydrogen-bond acceptors (Lipinski definition) is 2. The molecule has 0 saturated carbocycles. The third-order valence-electron chi connectivity index (χ3n) is 3.29. The molecule has 0 saturated heterocycles. The summed E-state index contributed by atoms with van der Waals surface area (Å²) in [6.45, 7) is 4.43. The highest BCUT2D eigenvalue weighted by atomic mass is 35.5. The van der Waals surface area contributed by atoms with Crippen LogP contribution in [0.15, 0.2) is 24.3 Å². The molecule has 0 heterocycles. The summed E-state index contributed by atoms with van der Waals surface area (Å²) >= 11 is 8.20. The van der Waals surface area contributed by atoms with Crippen LogP contribution in [0.2, 0.25) is 5.02 Å². The Morgan fingerprint density at radius 3 is 2.79 bits per heavy atom. The van der Waals surface area contributed by atoms with Gasteiger partial charge in [-0.25, -0.2) is 0 Å². The lowest BCUT2D eigenvalue weighted by atomic mass is 9.95. The molecule has 19 heavy (non-hydrogen) atoms. The van der Waals surface area contributed by atoms with Gasteiger partial charge in [0, 0.05) is 5.02 Å². The van der Waals surface area contributed by atoms with Crippen molar-refractivity contribution >= 4 is 23.4 Å². The summed E-state index contributed by atoms with van der Waals surface area (Å²) in [4.78, 5) is 0. The number of thioether (sulfide) groups is 1. The normalized spacial score (nSPS) is 12.6. The minimum Gasteiger partial charge on any atom is -0.316 e. The third-order valence-corrected chi connectivity index (χ3v) is 4.35. The van der Waals surface area contributed by atoms with Crippen molar-refractivity contribution in [2.45, 2.75) is 32.6 Å². The van der Waals surface area contributed by atoms with Crippen molar-refractivity contribution in [3.05, 3.63) is 34.9 Å². The van der Waals surface area contributed by atoms with Gasteiger partial charge in [0.2, 0.25) is 0 Å². The number of rotatable bonds is 10. The molecule has 108 valence electrons. The predicted molar refractivity (Wildman–Crippen MR) is 89.4 cm³/mol. The van der Waals surface area contributed by atoms with E-state index < -0.39 is 0 Å². The van der Waals surface area contributed by atoms with E-state index in [-0.39, 0.29) is 0 Å². The molecular formula is C16H26ClNS. The molecule has 0 bridgehead atoms. The van der Waals surface area contributed by atoms with E-state index in [4.69, 9.17) is 11.6 Å². The SMILES string of the molecule is CCCNCC(CCCSC)Cc1ccccc1Cl. The van der Waals surface area contributed by atoms with Crippen LogP contribution in [0.1, 0.15) is 31.7 Å². The summed E-state index contributed by atoms with van der Waals surface area (Å²) in [7, 11) is 0. The van der Waals surface area contributed by atoms with Crippen molar-refractivity contribution in [2.24, 2.45) is 5.92 Å². The molecule has 0 radical (unpaired) electrons. The smallest absolute Gasteiger partial charge is 0.0438 e. The topological polar surface area (TPSA) is 12.0 Å². The van der Waals surface area contributed by atoms with Gasteiger partial charge in [-0.15, -0.1) is 0 Å². The van der Waals surface area contributed by atoms with Gasteiger partial charge < -0.3 is 5.32 Å². The summed E-state index contributed by atoms with van der Waals surface area (Å²) in [5.41, 5.74) is 1.29. The molecule has 0 fully saturated rings. The van der Waals surface area contributed by atoms with Crippen molar-refractivity contribution in [3.8, 4) is 0 Å². The molecule has 1 nitrogen and oxygen atoms in total. The minimum atomic E-state index is 0.693. The van der Waals surface area contributed by atoms with Crippen molar-refractivity contribution in [3.63, 3.8) is 0 Å². The maximum Gasteiger partial charge on any atom is 0.0438 e. The molecule has 3 heteroatoms. The van der Waals surface area contributed by atoms with E-state index in [0.29, 0.717) is 5.92 Å². The first kappa shape index (κ1) is 16.9. The van der Waals surface area contributed by atoms with E-state index in [1.165, 1.54) is 30.6 Å². The van der Waals surface area contributed by atoms with Gasteiger partial charge >= 0.3 is 0 Å². The quantitative estimate of drug-likeness (QED) is 0.632. The van der Waals surface area contributed by atoms with Gasteiger partial charge in [-0.3, -0.25) is 0 Å². The Morgan fingerprint density at radius 1 is 1.32 bits per heavy atom. The van der Waals surface area contributed by atoms with Crippen LogP contribution in [0.3, 0.4) is 0 Å². The van der Waals surface area contributed by atoms with Crippen LogP contribution in [-0.4, -0.2) is 25.1 Å². The Morgan fingerprint density at radius 2 is 2.11 bits per heavy atom. The maximum absolute atomic E-state index is 6.27. The van der Waals surface area contributed by atoms with Crippen molar-refractivity contribution in [2.75, 3.05) is 25.1 Å². The zero-order chi connectivity index (χ0) is 13.9. The highest BCUT2D eigenvalue weighted by molar-refractivity contribution is 7.98. The molecule has 1 aromatic rings. The van der Waals surface area contributed by atoms with Crippen LogP contribution in [0, 0.1) is 5.92 Å². The van der Waals surface area contributed by atoms with Gasteiger partial charge in [0.25, 0.3) is 0 Å². The van der Waals surface area contributed by atoms with E-state index in [1.54, 1.807) is 0 Å². The first-order valence-electron chi connectivity index (χ1n) is 7.21. The van der Waals surface area contributed by atoms with Gasteiger partial charge in [0.15, 0.2) is 0 Å². The monoisotopic (exact) mass is 299 g/mol. The van der Waals surface area contributed by atoms with E-state index in [2.05, 4.69) is 30.6 Å². The summed E-state index contributed by atoms with van der Waals surface area (Å²) in [6.07, 6.45) is 7.04. The third kappa shape index (κ3) is 7.24. The maximum atomic E-state index is 6.27. The molecule has 1 aromatic carbocycles. The Hall–Kier alpha value is -0.180. The van der Waals surface area contributed by atoms with Gasteiger partial charge in [-0.1, -0.05) is 36.7 Å². The van der Waals surface area contributed by atoms with Crippen molar-refractivity contribution in [1.29, 1.82) is 0 Å². The van der Waals surface area contributed by atoms with Crippen molar-refractivity contribution in [1.82, 2.24) is 5.32 Å². The second kappa shape index (κ2) is 10.6. The van der Waals surface area contributed by atoms with Gasteiger partial charge in [0.1, 0.15) is 0 Å². The Labute approximate surface area is 127 Å². The Kier molecular flexibility index (Phi) is 9.40. The van der Waals surface area contributed by atoms with E-state index in [1.807, 2.05) is 23.9 Å². The lowest BCUT2D eigenvalue weighted by molar-refractivity contribution is 0.440. The molecule has 0 spiro atoms. The van der Waals surface area contributed by atoms with E-state index in [0.717, 1.165) is 24.5 Å². The summed E-state index contributed by atoms with van der Waals surface area (Å²) in [6, 6.07) is 8.24. The fraction of sp³-hybridized carbons (Fsp3) is 0.625.